The fourth-order valence-corrected chi connectivity index (χ4v) is 4.85. The summed E-state index contributed by atoms with van der Waals surface area (Å²) in [6, 6.07) is 12.2. The average Bonchev–Trinajstić information content (AvgIpc) is 3.06. The van der Waals surface area contributed by atoms with Gasteiger partial charge in [-0.25, -0.2) is 0 Å². The van der Waals surface area contributed by atoms with Crippen LogP contribution < -0.4 is 10.6 Å². The summed E-state index contributed by atoms with van der Waals surface area (Å²) in [5, 5.41) is 15.2. The number of hydrogen-bond acceptors (Lipinski definition) is 6. The van der Waals surface area contributed by atoms with E-state index >= 15 is 0 Å². The highest BCUT2D eigenvalue weighted by atomic mass is 32.2. The van der Waals surface area contributed by atoms with E-state index in [9.17, 15) is 4.79 Å². The van der Waals surface area contributed by atoms with Crippen molar-refractivity contribution in [1.29, 1.82) is 0 Å². The molecule has 0 fully saturated rings. The molecule has 0 saturated carbocycles. The summed E-state index contributed by atoms with van der Waals surface area (Å²) < 4.78 is 0.760. The smallest absolute Gasteiger partial charge is 0.237 e. The normalized spacial score (nSPS) is 11.9. The lowest BCUT2D eigenvalue weighted by atomic mass is 10.1. The number of para-hydroxylation sites is 1. The largest absolute Gasteiger partial charge is 0.330 e. The molecule has 2 aromatic carbocycles. The first kappa shape index (κ1) is 20.4. The number of anilines is 3. The Hall–Kier alpha value is -2.38. The van der Waals surface area contributed by atoms with Gasteiger partial charge in [-0.15, -0.1) is 10.2 Å². The van der Waals surface area contributed by atoms with Crippen LogP contribution >= 0.6 is 23.1 Å². The van der Waals surface area contributed by atoms with Crippen molar-refractivity contribution < 1.29 is 4.79 Å². The maximum Gasteiger partial charge on any atom is 0.237 e. The minimum atomic E-state index is -0.278. The molecule has 3 aromatic rings. The number of carbonyl (C=O) groups is 1. The minimum absolute atomic E-state index is 0.0383. The van der Waals surface area contributed by atoms with Gasteiger partial charge in [-0.1, -0.05) is 59.0 Å². The maximum atomic E-state index is 12.7. The molecule has 3 rings (SSSR count). The zero-order valence-electron chi connectivity index (χ0n) is 16.7. The van der Waals surface area contributed by atoms with Crippen LogP contribution in [-0.4, -0.2) is 21.4 Å². The Balaban J connectivity index is 1.63. The van der Waals surface area contributed by atoms with Crippen LogP contribution in [0.4, 0.5) is 16.5 Å². The van der Waals surface area contributed by atoms with Crippen molar-refractivity contribution >= 4 is 45.5 Å². The van der Waals surface area contributed by atoms with E-state index in [0.717, 1.165) is 37.5 Å². The van der Waals surface area contributed by atoms with Crippen LogP contribution in [0, 0.1) is 27.7 Å². The maximum absolute atomic E-state index is 12.7. The van der Waals surface area contributed by atoms with Gasteiger partial charge in [-0.05, 0) is 57.4 Å². The van der Waals surface area contributed by atoms with Crippen molar-refractivity contribution in [2.24, 2.45) is 0 Å². The number of nitrogens with zero attached hydrogens (tertiary/aromatic N) is 2. The van der Waals surface area contributed by atoms with E-state index in [1.165, 1.54) is 28.7 Å². The van der Waals surface area contributed by atoms with Gasteiger partial charge in [0, 0.05) is 11.4 Å². The molecule has 1 atom stereocenters. The number of aromatic nitrogens is 2. The quantitative estimate of drug-likeness (QED) is 0.513. The fraction of sp³-hybridized carbons (Fsp3) is 0.286. The third-order valence-electron chi connectivity index (χ3n) is 4.37. The Bertz CT molecular complexity index is 977. The standard InChI is InChI=1S/C21H24N4OS2/c1-12-10-14(3)18(15(4)11-12)23-19(26)16(5)27-21-25-24-20(28-21)22-17-9-7-6-8-13(17)2/h6-11,16H,1-5H3,(H,22,24)(H,23,26)/t16-/m1/s1. The minimum Gasteiger partial charge on any atom is -0.330 e. The Kier molecular flexibility index (Phi) is 6.36. The van der Waals surface area contributed by atoms with Crippen molar-refractivity contribution in [1.82, 2.24) is 10.2 Å². The molecule has 0 bridgehead atoms. The lowest BCUT2D eigenvalue weighted by molar-refractivity contribution is -0.115. The highest BCUT2D eigenvalue weighted by Gasteiger charge is 2.19. The number of nitrogens with one attached hydrogen (secondary N) is 2. The molecular weight excluding hydrogens is 388 g/mol. The van der Waals surface area contributed by atoms with Crippen LogP contribution in [0.1, 0.15) is 29.2 Å². The fourth-order valence-electron chi connectivity index (χ4n) is 2.94. The Morgan fingerprint density at radius 2 is 1.71 bits per heavy atom. The highest BCUT2D eigenvalue weighted by molar-refractivity contribution is 8.02. The van der Waals surface area contributed by atoms with Gasteiger partial charge in [0.2, 0.25) is 11.0 Å². The molecule has 1 amide bonds. The molecular formula is C21H24N4OS2. The predicted molar refractivity (Wildman–Crippen MR) is 119 cm³/mol. The summed E-state index contributed by atoms with van der Waals surface area (Å²) in [6.07, 6.45) is 0. The zero-order valence-corrected chi connectivity index (χ0v) is 18.3. The van der Waals surface area contributed by atoms with Crippen molar-refractivity contribution in [3.05, 3.63) is 58.7 Å². The van der Waals surface area contributed by atoms with E-state index in [4.69, 9.17) is 0 Å². The lowest BCUT2D eigenvalue weighted by Gasteiger charge is -2.15. The number of thioether (sulfide) groups is 1. The van der Waals surface area contributed by atoms with E-state index in [-0.39, 0.29) is 11.2 Å². The molecule has 2 N–H and O–H groups in total. The number of aryl methyl sites for hydroxylation is 4. The number of rotatable bonds is 6. The van der Waals surface area contributed by atoms with Gasteiger partial charge in [-0.3, -0.25) is 4.79 Å². The SMILES string of the molecule is Cc1cc(C)c(NC(=O)[C@@H](C)Sc2nnc(Nc3ccccc3C)s2)c(C)c1. The molecule has 1 aromatic heterocycles. The molecule has 0 radical (unpaired) electrons. The van der Waals surface area contributed by atoms with E-state index in [1.807, 2.05) is 52.0 Å². The second-order valence-corrected chi connectivity index (χ2v) is 9.40. The molecule has 28 heavy (non-hydrogen) atoms. The zero-order chi connectivity index (χ0) is 20.3. The van der Waals surface area contributed by atoms with Crippen molar-refractivity contribution in [3.8, 4) is 0 Å². The molecule has 0 unspecified atom stereocenters. The van der Waals surface area contributed by atoms with E-state index < -0.39 is 0 Å². The van der Waals surface area contributed by atoms with Crippen molar-refractivity contribution in [2.45, 2.75) is 44.2 Å². The molecule has 0 spiro atoms. The monoisotopic (exact) mass is 412 g/mol. The molecule has 0 saturated heterocycles. The van der Waals surface area contributed by atoms with Gasteiger partial charge >= 0.3 is 0 Å². The number of amides is 1. The first-order valence-electron chi connectivity index (χ1n) is 9.05. The van der Waals surface area contributed by atoms with Crippen LogP contribution in [0.15, 0.2) is 40.7 Å². The van der Waals surface area contributed by atoms with Gasteiger partial charge in [0.15, 0.2) is 4.34 Å². The van der Waals surface area contributed by atoms with Crippen LogP contribution in [0.3, 0.4) is 0 Å². The van der Waals surface area contributed by atoms with Crippen LogP contribution in [-0.2, 0) is 4.79 Å². The molecule has 0 aliphatic carbocycles. The number of hydrogen-bond donors (Lipinski definition) is 2. The van der Waals surface area contributed by atoms with Crippen LogP contribution in [0.25, 0.3) is 0 Å². The van der Waals surface area contributed by atoms with Gasteiger partial charge in [-0.2, -0.15) is 0 Å². The van der Waals surface area contributed by atoms with E-state index in [0.29, 0.717) is 0 Å². The third kappa shape index (κ3) is 4.91. The summed E-state index contributed by atoms with van der Waals surface area (Å²) in [7, 11) is 0. The topological polar surface area (TPSA) is 66.9 Å². The molecule has 0 aliphatic rings. The molecule has 0 aliphatic heterocycles. The van der Waals surface area contributed by atoms with Gasteiger partial charge in [0.1, 0.15) is 0 Å². The molecule has 7 heteroatoms. The van der Waals surface area contributed by atoms with Crippen molar-refractivity contribution in [2.75, 3.05) is 10.6 Å². The molecule has 146 valence electrons. The summed E-state index contributed by atoms with van der Waals surface area (Å²) in [5.41, 5.74) is 6.38. The summed E-state index contributed by atoms with van der Waals surface area (Å²) in [6.45, 7) is 10.0. The van der Waals surface area contributed by atoms with Gasteiger partial charge in [0.05, 0.1) is 5.25 Å². The Labute approximate surface area is 174 Å². The Morgan fingerprint density at radius 1 is 1.04 bits per heavy atom. The predicted octanol–water partition coefficient (Wildman–Crippen LogP) is 5.63. The molecule has 1 heterocycles. The number of benzene rings is 2. The van der Waals surface area contributed by atoms with E-state index in [1.54, 1.807) is 0 Å². The number of carbonyl (C=O) groups excluding carboxylic acids is 1. The van der Waals surface area contributed by atoms with Crippen LogP contribution in [0.2, 0.25) is 0 Å². The van der Waals surface area contributed by atoms with Gasteiger partial charge in [0.25, 0.3) is 0 Å². The Morgan fingerprint density at radius 3 is 2.39 bits per heavy atom. The van der Waals surface area contributed by atoms with Gasteiger partial charge < -0.3 is 10.6 Å². The first-order valence-corrected chi connectivity index (χ1v) is 10.7. The van der Waals surface area contributed by atoms with E-state index in [2.05, 4.69) is 39.9 Å². The van der Waals surface area contributed by atoms with Crippen molar-refractivity contribution in [3.63, 3.8) is 0 Å². The lowest BCUT2D eigenvalue weighted by Crippen LogP contribution is -2.23. The summed E-state index contributed by atoms with van der Waals surface area (Å²) in [5.74, 6) is -0.0383. The average molecular weight is 413 g/mol. The second kappa shape index (κ2) is 8.75. The summed E-state index contributed by atoms with van der Waals surface area (Å²) >= 11 is 2.86. The first-order chi connectivity index (χ1) is 13.3. The highest BCUT2D eigenvalue weighted by Crippen LogP contribution is 2.32. The molecule has 5 nitrogen and oxygen atoms in total. The second-order valence-electron chi connectivity index (χ2n) is 6.84. The third-order valence-corrected chi connectivity index (χ3v) is 6.39. The van der Waals surface area contributed by atoms with Crippen LogP contribution in [0.5, 0.6) is 0 Å². The summed E-state index contributed by atoms with van der Waals surface area (Å²) in [4.78, 5) is 12.7.